The van der Waals surface area contributed by atoms with Gasteiger partial charge in [0.15, 0.2) is 9.84 Å². The van der Waals surface area contributed by atoms with E-state index in [9.17, 15) is 8.42 Å². The minimum Gasteiger partial charge on any atom is -0.367 e. The molecule has 1 aliphatic rings. The Balaban J connectivity index is 1.98. The number of hydrogen-bond acceptors (Lipinski definition) is 5. The van der Waals surface area contributed by atoms with Crippen LogP contribution in [-0.4, -0.2) is 35.9 Å². The molecule has 0 saturated carbocycles. The van der Waals surface area contributed by atoms with Gasteiger partial charge in [-0.3, -0.25) is 4.98 Å². The van der Waals surface area contributed by atoms with Crippen LogP contribution in [0.25, 0.3) is 0 Å². The maximum absolute atomic E-state index is 11.5. The predicted octanol–water partition coefficient (Wildman–Crippen LogP) is 1.12. The van der Waals surface area contributed by atoms with E-state index in [1.807, 2.05) is 0 Å². The van der Waals surface area contributed by atoms with Crippen molar-refractivity contribution in [3.8, 4) is 0 Å². The van der Waals surface area contributed by atoms with Gasteiger partial charge in [0.2, 0.25) is 0 Å². The number of anilines is 1. The van der Waals surface area contributed by atoms with Gasteiger partial charge in [-0.25, -0.2) is 13.4 Å². The Labute approximate surface area is 99.2 Å². The van der Waals surface area contributed by atoms with E-state index in [0.717, 1.165) is 6.42 Å². The molecule has 0 bridgehead atoms. The van der Waals surface area contributed by atoms with Gasteiger partial charge in [-0.05, 0) is 12.8 Å². The first-order valence-corrected chi connectivity index (χ1v) is 7.10. The SMILES string of the molecule is O=S1(=O)CCCC1CNc1cncc(Cl)n1. The highest BCUT2D eigenvalue weighted by molar-refractivity contribution is 7.92. The Morgan fingerprint density at radius 3 is 2.94 bits per heavy atom. The third kappa shape index (κ3) is 2.62. The van der Waals surface area contributed by atoms with Crippen LogP contribution in [-0.2, 0) is 9.84 Å². The van der Waals surface area contributed by atoms with Crippen molar-refractivity contribution >= 4 is 27.3 Å². The van der Waals surface area contributed by atoms with Gasteiger partial charge in [-0.15, -0.1) is 0 Å². The van der Waals surface area contributed by atoms with Crippen LogP contribution in [0.1, 0.15) is 12.8 Å². The molecule has 5 nitrogen and oxygen atoms in total. The molecule has 0 spiro atoms. The van der Waals surface area contributed by atoms with Gasteiger partial charge >= 0.3 is 0 Å². The van der Waals surface area contributed by atoms with Crippen molar-refractivity contribution in [3.05, 3.63) is 17.5 Å². The monoisotopic (exact) mass is 261 g/mol. The average Bonchev–Trinajstić information content (AvgIpc) is 2.55. The number of nitrogens with zero attached hydrogens (tertiary/aromatic N) is 2. The molecule has 88 valence electrons. The smallest absolute Gasteiger partial charge is 0.154 e. The van der Waals surface area contributed by atoms with E-state index in [4.69, 9.17) is 11.6 Å². The van der Waals surface area contributed by atoms with Crippen LogP contribution < -0.4 is 5.32 Å². The lowest BCUT2D eigenvalue weighted by molar-refractivity contribution is 0.591. The predicted molar refractivity (Wildman–Crippen MR) is 62.3 cm³/mol. The van der Waals surface area contributed by atoms with E-state index >= 15 is 0 Å². The van der Waals surface area contributed by atoms with Crippen LogP contribution in [0.2, 0.25) is 5.15 Å². The fraction of sp³-hybridized carbons (Fsp3) is 0.556. The second-order valence-electron chi connectivity index (χ2n) is 3.74. The average molecular weight is 262 g/mol. The maximum Gasteiger partial charge on any atom is 0.154 e. The Bertz CT molecular complexity index is 477. The highest BCUT2D eigenvalue weighted by Crippen LogP contribution is 2.20. The molecule has 1 aliphatic heterocycles. The molecule has 1 N–H and O–H groups in total. The first-order chi connectivity index (χ1) is 7.58. The van der Waals surface area contributed by atoms with E-state index < -0.39 is 9.84 Å². The van der Waals surface area contributed by atoms with Crippen molar-refractivity contribution in [2.75, 3.05) is 17.6 Å². The Kier molecular flexibility index (Phi) is 3.30. The van der Waals surface area contributed by atoms with Gasteiger partial charge in [0, 0.05) is 6.54 Å². The highest BCUT2D eigenvalue weighted by Gasteiger charge is 2.30. The molecular formula is C9H12ClN3O2S. The van der Waals surface area contributed by atoms with Crippen LogP contribution in [0.3, 0.4) is 0 Å². The zero-order valence-electron chi connectivity index (χ0n) is 8.56. The first-order valence-electron chi connectivity index (χ1n) is 5.01. The van der Waals surface area contributed by atoms with Crippen molar-refractivity contribution < 1.29 is 8.42 Å². The van der Waals surface area contributed by atoms with Crippen molar-refractivity contribution in [1.29, 1.82) is 0 Å². The molecule has 2 heterocycles. The second kappa shape index (κ2) is 4.55. The van der Waals surface area contributed by atoms with Crippen LogP contribution >= 0.6 is 11.6 Å². The second-order valence-corrected chi connectivity index (χ2v) is 6.53. The minimum absolute atomic E-state index is 0.291. The van der Waals surface area contributed by atoms with E-state index in [0.29, 0.717) is 29.7 Å². The topological polar surface area (TPSA) is 72.0 Å². The van der Waals surface area contributed by atoms with Crippen LogP contribution in [0.4, 0.5) is 5.82 Å². The summed E-state index contributed by atoms with van der Waals surface area (Å²) < 4.78 is 23.1. The lowest BCUT2D eigenvalue weighted by Gasteiger charge is -2.10. The molecule has 1 saturated heterocycles. The molecule has 1 unspecified atom stereocenters. The lowest BCUT2D eigenvalue weighted by Crippen LogP contribution is -2.25. The number of hydrogen-bond donors (Lipinski definition) is 1. The summed E-state index contributed by atoms with van der Waals surface area (Å²) in [5.41, 5.74) is 0. The molecule has 7 heteroatoms. The summed E-state index contributed by atoms with van der Waals surface area (Å²) in [6, 6.07) is 0. The quantitative estimate of drug-likeness (QED) is 0.883. The summed E-state index contributed by atoms with van der Waals surface area (Å²) in [5, 5.41) is 2.93. The Morgan fingerprint density at radius 2 is 2.31 bits per heavy atom. The van der Waals surface area contributed by atoms with Crippen molar-refractivity contribution in [3.63, 3.8) is 0 Å². The van der Waals surface area contributed by atoms with Gasteiger partial charge in [0.25, 0.3) is 0 Å². The Hall–Kier alpha value is -0.880. The third-order valence-corrected chi connectivity index (χ3v) is 5.04. The highest BCUT2D eigenvalue weighted by atomic mass is 35.5. The van der Waals surface area contributed by atoms with Crippen LogP contribution in [0, 0.1) is 0 Å². The summed E-state index contributed by atoms with van der Waals surface area (Å²) in [4.78, 5) is 7.84. The van der Waals surface area contributed by atoms with E-state index in [-0.39, 0.29) is 5.25 Å². The molecule has 1 fully saturated rings. The van der Waals surface area contributed by atoms with Crippen molar-refractivity contribution in [2.24, 2.45) is 0 Å². The summed E-state index contributed by atoms with van der Waals surface area (Å²) in [6.45, 7) is 0.372. The number of aromatic nitrogens is 2. The van der Waals surface area contributed by atoms with E-state index in [2.05, 4.69) is 15.3 Å². The Morgan fingerprint density at radius 1 is 1.50 bits per heavy atom. The largest absolute Gasteiger partial charge is 0.367 e. The number of rotatable bonds is 3. The van der Waals surface area contributed by atoms with Crippen molar-refractivity contribution in [1.82, 2.24) is 9.97 Å². The third-order valence-electron chi connectivity index (χ3n) is 2.58. The molecule has 1 aromatic rings. The molecule has 0 radical (unpaired) electrons. The standard InChI is InChI=1S/C9H12ClN3O2S/c10-8-5-11-6-9(13-8)12-4-7-2-1-3-16(7,14)15/h5-7H,1-4H2,(H,12,13). The van der Waals surface area contributed by atoms with Crippen LogP contribution in [0.5, 0.6) is 0 Å². The van der Waals surface area contributed by atoms with Gasteiger partial charge in [0.1, 0.15) is 11.0 Å². The fourth-order valence-electron chi connectivity index (χ4n) is 1.73. The fourth-order valence-corrected chi connectivity index (χ4v) is 3.65. The zero-order chi connectivity index (χ0) is 11.6. The summed E-state index contributed by atoms with van der Waals surface area (Å²) in [5.74, 6) is 0.801. The number of sulfone groups is 1. The molecule has 0 amide bonds. The molecule has 1 atom stereocenters. The van der Waals surface area contributed by atoms with E-state index in [1.54, 1.807) is 0 Å². The van der Waals surface area contributed by atoms with Crippen molar-refractivity contribution in [2.45, 2.75) is 18.1 Å². The molecule has 0 aromatic carbocycles. The number of halogens is 1. The normalized spacial score (nSPS) is 23.2. The summed E-state index contributed by atoms with van der Waals surface area (Å²) in [7, 11) is -2.91. The summed E-state index contributed by atoms with van der Waals surface area (Å²) >= 11 is 5.66. The van der Waals surface area contributed by atoms with E-state index in [1.165, 1.54) is 12.4 Å². The van der Waals surface area contributed by atoms with Gasteiger partial charge in [0.05, 0.1) is 23.4 Å². The first kappa shape index (κ1) is 11.6. The van der Waals surface area contributed by atoms with Gasteiger partial charge in [-0.1, -0.05) is 11.6 Å². The van der Waals surface area contributed by atoms with Crippen LogP contribution in [0.15, 0.2) is 12.4 Å². The molecule has 1 aromatic heterocycles. The maximum atomic E-state index is 11.5. The van der Waals surface area contributed by atoms with Gasteiger partial charge < -0.3 is 5.32 Å². The number of nitrogens with one attached hydrogen (secondary N) is 1. The molecule has 16 heavy (non-hydrogen) atoms. The van der Waals surface area contributed by atoms with Gasteiger partial charge in [-0.2, -0.15) is 0 Å². The molecule has 2 rings (SSSR count). The molecular weight excluding hydrogens is 250 g/mol. The minimum atomic E-state index is -2.91. The summed E-state index contributed by atoms with van der Waals surface area (Å²) in [6.07, 6.45) is 4.41. The molecule has 0 aliphatic carbocycles. The zero-order valence-corrected chi connectivity index (χ0v) is 10.1. The lowest BCUT2D eigenvalue weighted by atomic mass is 10.2.